The van der Waals surface area contributed by atoms with Gasteiger partial charge in [-0.05, 0) is 57.3 Å². The van der Waals surface area contributed by atoms with Crippen molar-refractivity contribution in [3.8, 4) is 11.5 Å². The number of allylic oxidation sites excluding steroid dienone is 4. The van der Waals surface area contributed by atoms with Crippen LogP contribution in [0.1, 0.15) is 64.9 Å². The smallest absolute Gasteiger partial charge is 0.341 e. The van der Waals surface area contributed by atoms with E-state index in [1.54, 1.807) is 17.0 Å². The maximum atomic E-state index is 13.8. The number of hydrogen-bond acceptors (Lipinski definition) is 7. The van der Waals surface area contributed by atoms with Crippen LogP contribution in [-0.2, 0) is 19.2 Å². The average molecular weight is 590 g/mol. The summed E-state index contributed by atoms with van der Waals surface area (Å²) in [6, 6.07) is 3.38. The molecule has 0 aromatic heterocycles. The highest BCUT2D eigenvalue weighted by atomic mass is 79.9. The first-order chi connectivity index (χ1) is 17.6. The summed E-state index contributed by atoms with van der Waals surface area (Å²) in [5.74, 6) is -2.71. The number of carbonyl (C=O) groups excluding carboxylic acids is 2. The number of Topliss-reactive ketones (excluding diaryl/α,β-unsaturated/α-hetero) is 2. The molecule has 0 radical (unpaired) electrons. The van der Waals surface area contributed by atoms with Crippen LogP contribution in [0.2, 0.25) is 0 Å². The summed E-state index contributed by atoms with van der Waals surface area (Å²) in [5, 5.41) is 18.9. The predicted octanol–water partition coefficient (Wildman–Crippen LogP) is 4.69. The summed E-state index contributed by atoms with van der Waals surface area (Å²) in [7, 11) is 1.42. The van der Waals surface area contributed by atoms with Crippen LogP contribution in [-0.4, -0.2) is 58.9 Å². The van der Waals surface area contributed by atoms with Crippen LogP contribution in [0.3, 0.4) is 0 Å². The van der Waals surface area contributed by atoms with Gasteiger partial charge >= 0.3 is 11.9 Å². The molecule has 204 valence electrons. The third-order valence-electron chi connectivity index (χ3n) is 7.24. The molecule has 0 atom stereocenters. The lowest BCUT2D eigenvalue weighted by Gasteiger charge is -2.48. The second-order valence-electron chi connectivity index (χ2n) is 11.7. The molecule has 38 heavy (non-hydrogen) atoms. The summed E-state index contributed by atoms with van der Waals surface area (Å²) in [6.45, 7) is 7.01. The molecule has 2 aliphatic carbocycles. The number of aliphatic carboxylic acids is 2. The molecular weight excluding hydrogens is 558 g/mol. The molecule has 1 aromatic carbocycles. The van der Waals surface area contributed by atoms with Gasteiger partial charge in [0.15, 0.2) is 29.7 Å². The first-order valence-corrected chi connectivity index (χ1v) is 13.2. The van der Waals surface area contributed by atoms with E-state index in [9.17, 15) is 24.3 Å². The van der Waals surface area contributed by atoms with Crippen molar-refractivity contribution in [2.75, 3.05) is 20.3 Å². The number of halogens is 1. The van der Waals surface area contributed by atoms with Crippen molar-refractivity contribution in [1.29, 1.82) is 0 Å². The molecule has 2 N–H and O–H groups in total. The largest absolute Gasteiger partial charge is 0.493 e. The van der Waals surface area contributed by atoms with Crippen molar-refractivity contribution in [2.24, 2.45) is 10.8 Å². The lowest BCUT2D eigenvalue weighted by molar-refractivity contribution is -0.139. The number of carbonyl (C=O) groups is 4. The van der Waals surface area contributed by atoms with Gasteiger partial charge in [0, 0.05) is 41.3 Å². The van der Waals surface area contributed by atoms with Gasteiger partial charge in [-0.3, -0.25) is 14.4 Å². The molecule has 0 saturated heterocycles. The molecule has 0 saturated carbocycles. The first kappa shape index (κ1) is 27.9. The topological polar surface area (TPSA) is 130 Å². The third-order valence-corrected chi connectivity index (χ3v) is 7.83. The van der Waals surface area contributed by atoms with Gasteiger partial charge in [-0.2, -0.15) is 0 Å². The van der Waals surface area contributed by atoms with Crippen molar-refractivity contribution < 1.29 is 38.9 Å². The highest BCUT2D eigenvalue weighted by Crippen LogP contribution is 2.55. The van der Waals surface area contributed by atoms with E-state index in [2.05, 4.69) is 15.9 Å². The van der Waals surface area contributed by atoms with Gasteiger partial charge in [-0.15, -0.1) is 0 Å². The Morgan fingerprint density at radius 1 is 0.947 bits per heavy atom. The van der Waals surface area contributed by atoms with Crippen molar-refractivity contribution in [3.63, 3.8) is 0 Å². The van der Waals surface area contributed by atoms with Gasteiger partial charge in [-0.25, -0.2) is 4.79 Å². The fraction of sp³-hybridized carbons (Fsp3) is 0.500. The van der Waals surface area contributed by atoms with Gasteiger partial charge in [-0.1, -0.05) is 27.7 Å². The Labute approximate surface area is 229 Å². The molecule has 1 aromatic rings. The maximum absolute atomic E-state index is 13.8. The minimum atomic E-state index is -1.15. The number of nitrogens with zero attached hydrogens (tertiary/aromatic N) is 1. The number of methoxy groups -OCH3 is 1. The van der Waals surface area contributed by atoms with Crippen molar-refractivity contribution in [2.45, 2.75) is 59.3 Å². The van der Waals surface area contributed by atoms with E-state index in [-0.39, 0.29) is 53.3 Å². The summed E-state index contributed by atoms with van der Waals surface area (Å²) in [6.07, 6.45) is 1.51. The summed E-state index contributed by atoms with van der Waals surface area (Å²) >= 11 is 3.45. The zero-order valence-electron chi connectivity index (χ0n) is 22.1. The zero-order valence-corrected chi connectivity index (χ0v) is 23.7. The van der Waals surface area contributed by atoms with Crippen LogP contribution in [0.4, 0.5) is 0 Å². The fourth-order valence-electron chi connectivity index (χ4n) is 5.89. The van der Waals surface area contributed by atoms with Gasteiger partial charge < -0.3 is 24.6 Å². The summed E-state index contributed by atoms with van der Waals surface area (Å²) < 4.78 is 11.4. The Kier molecular flexibility index (Phi) is 7.24. The average Bonchev–Trinajstić information content (AvgIpc) is 2.76. The SMILES string of the molecule is COc1cc(C2C3=C(CC(C)(C)CC3=O)N(CC(=O)O)C3=C2C(=O)CC(C)(C)C3)cc(Br)c1OCC(=O)O. The van der Waals surface area contributed by atoms with E-state index in [0.29, 0.717) is 45.4 Å². The minimum Gasteiger partial charge on any atom is -0.493 e. The molecule has 0 spiro atoms. The molecule has 1 heterocycles. The van der Waals surface area contributed by atoms with Crippen LogP contribution in [0.5, 0.6) is 11.5 Å². The summed E-state index contributed by atoms with van der Waals surface area (Å²) in [4.78, 5) is 52.3. The van der Waals surface area contributed by atoms with E-state index in [0.717, 1.165) is 0 Å². The second kappa shape index (κ2) is 9.87. The quantitative estimate of drug-likeness (QED) is 0.465. The fourth-order valence-corrected chi connectivity index (χ4v) is 6.46. The summed E-state index contributed by atoms with van der Waals surface area (Å²) in [5.41, 5.74) is 2.00. The van der Waals surface area contributed by atoms with Crippen LogP contribution in [0.15, 0.2) is 39.1 Å². The Hall–Kier alpha value is -3.14. The first-order valence-electron chi connectivity index (χ1n) is 12.4. The molecule has 3 aliphatic rings. The van der Waals surface area contributed by atoms with Crippen LogP contribution >= 0.6 is 15.9 Å². The van der Waals surface area contributed by atoms with E-state index in [1.807, 2.05) is 27.7 Å². The molecule has 0 fully saturated rings. The Balaban J connectivity index is 1.99. The van der Waals surface area contributed by atoms with E-state index in [4.69, 9.17) is 14.6 Å². The molecule has 0 unspecified atom stereocenters. The third kappa shape index (κ3) is 5.23. The van der Waals surface area contributed by atoms with E-state index >= 15 is 0 Å². The Bertz CT molecular complexity index is 1250. The van der Waals surface area contributed by atoms with E-state index < -0.39 is 24.5 Å². The highest BCUT2D eigenvalue weighted by molar-refractivity contribution is 9.10. The van der Waals surface area contributed by atoms with E-state index in [1.165, 1.54) is 7.11 Å². The van der Waals surface area contributed by atoms with Gasteiger partial charge in [0.1, 0.15) is 6.54 Å². The molecule has 0 bridgehead atoms. The highest BCUT2D eigenvalue weighted by Gasteiger charge is 2.49. The lowest BCUT2D eigenvalue weighted by Crippen LogP contribution is -2.45. The number of carboxylic acids is 2. The van der Waals surface area contributed by atoms with Crippen LogP contribution in [0.25, 0.3) is 0 Å². The standard InChI is InChI=1S/C28H32BrNO8/c1-27(2)8-16-24(18(31)10-27)23(14-6-15(29)26(20(7-14)37-5)38-13-22(35)36)25-17(30(16)12-21(33)34)9-28(3,4)11-19(25)32/h6-7,23H,8-13H2,1-5H3,(H,33,34)(H,35,36). The zero-order chi connectivity index (χ0) is 28.2. The lowest BCUT2D eigenvalue weighted by atomic mass is 9.63. The Morgan fingerprint density at radius 3 is 1.92 bits per heavy atom. The molecule has 1 aliphatic heterocycles. The molecule has 4 rings (SSSR count). The van der Waals surface area contributed by atoms with Crippen molar-refractivity contribution in [1.82, 2.24) is 4.90 Å². The molecule has 0 amide bonds. The van der Waals surface area contributed by atoms with Crippen LogP contribution < -0.4 is 9.47 Å². The predicted molar refractivity (Wildman–Crippen MR) is 141 cm³/mol. The number of rotatable bonds is 7. The molecule has 9 nitrogen and oxygen atoms in total. The monoisotopic (exact) mass is 589 g/mol. The normalized spacial score (nSPS) is 20.7. The van der Waals surface area contributed by atoms with Crippen molar-refractivity contribution >= 4 is 39.4 Å². The number of benzene rings is 1. The van der Waals surface area contributed by atoms with Gasteiger partial charge in [0.25, 0.3) is 0 Å². The van der Waals surface area contributed by atoms with Gasteiger partial charge in [0.2, 0.25) is 0 Å². The second-order valence-corrected chi connectivity index (χ2v) is 12.6. The minimum absolute atomic E-state index is 0.123. The number of ether oxygens (including phenoxy) is 2. The van der Waals surface area contributed by atoms with Crippen molar-refractivity contribution in [3.05, 3.63) is 44.7 Å². The molecular formula is C28H32BrNO8. The number of carboxylic acid groups (broad SMARTS) is 2. The maximum Gasteiger partial charge on any atom is 0.341 e. The van der Waals surface area contributed by atoms with Crippen LogP contribution in [0, 0.1) is 10.8 Å². The van der Waals surface area contributed by atoms with Gasteiger partial charge in [0.05, 0.1) is 11.6 Å². The number of ketones is 2. The Morgan fingerprint density at radius 2 is 1.47 bits per heavy atom. The number of hydrogen-bond donors (Lipinski definition) is 2. The molecule has 10 heteroatoms.